The first-order chi connectivity index (χ1) is 15.4. The minimum Gasteiger partial charge on any atom is -0.493 e. The molecule has 0 unspecified atom stereocenters. The molecule has 8 nitrogen and oxygen atoms in total. The molecule has 0 bridgehead atoms. The Kier molecular flexibility index (Phi) is 6.50. The number of nitrogens with zero attached hydrogens (tertiary/aromatic N) is 1. The van der Waals surface area contributed by atoms with Gasteiger partial charge in [-0.3, -0.25) is 4.98 Å². The second kappa shape index (κ2) is 8.85. The van der Waals surface area contributed by atoms with Gasteiger partial charge in [0.05, 0.1) is 34.1 Å². The molecule has 0 N–H and O–H groups in total. The van der Waals surface area contributed by atoms with Gasteiger partial charge in [0, 0.05) is 16.6 Å². The summed E-state index contributed by atoms with van der Waals surface area (Å²) in [5.41, 5.74) is -4.49. The van der Waals surface area contributed by atoms with Crippen molar-refractivity contribution in [2.75, 3.05) is 28.4 Å². The topological polar surface area (TPSA) is 93.2 Å². The predicted octanol–water partition coefficient (Wildman–Crippen LogP) is 4.47. The van der Waals surface area contributed by atoms with Gasteiger partial charge in [0.1, 0.15) is 0 Å². The average molecular weight is 487 g/mol. The van der Waals surface area contributed by atoms with Gasteiger partial charge >= 0.3 is 15.6 Å². The van der Waals surface area contributed by atoms with Crippen LogP contribution in [0, 0.1) is 6.92 Å². The summed E-state index contributed by atoms with van der Waals surface area (Å²) in [6.45, 7) is 1.74. The fourth-order valence-electron chi connectivity index (χ4n) is 3.20. The van der Waals surface area contributed by atoms with Crippen LogP contribution in [-0.2, 0) is 10.1 Å². The summed E-state index contributed by atoms with van der Waals surface area (Å²) in [5, 5.41) is 1.46. The molecular formula is C21H20F3NO7S. The van der Waals surface area contributed by atoms with E-state index in [1.54, 1.807) is 25.1 Å². The third-order valence-corrected chi connectivity index (χ3v) is 5.72. The van der Waals surface area contributed by atoms with Crippen molar-refractivity contribution in [3.05, 3.63) is 36.0 Å². The van der Waals surface area contributed by atoms with Gasteiger partial charge in [0.15, 0.2) is 23.0 Å². The number of hydrogen-bond acceptors (Lipinski definition) is 8. The highest BCUT2D eigenvalue weighted by molar-refractivity contribution is 7.88. The quantitative estimate of drug-likeness (QED) is 0.356. The van der Waals surface area contributed by atoms with E-state index in [2.05, 4.69) is 9.17 Å². The van der Waals surface area contributed by atoms with Gasteiger partial charge in [0.2, 0.25) is 5.75 Å². The zero-order valence-electron chi connectivity index (χ0n) is 18.2. The Morgan fingerprint density at radius 3 is 1.91 bits per heavy atom. The van der Waals surface area contributed by atoms with E-state index in [-0.39, 0.29) is 17.1 Å². The molecule has 2 aromatic carbocycles. The molecule has 1 heterocycles. The molecule has 3 rings (SSSR count). The van der Waals surface area contributed by atoms with Crippen molar-refractivity contribution in [2.24, 2.45) is 0 Å². The number of aromatic nitrogens is 1. The lowest BCUT2D eigenvalue weighted by molar-refractivity contribution is -0.0500. The number of ether oxygens (including phenoxy) is 4. The summed E-state index contributed by atoms with van der Waals surface area (Å²) < 4.78 is 87.1. The molecule has 0 saturated carbocycles. The molecule has 0 fully saturated rings. The van der Waals surface area contributed by atoms with Crippen molar-refractivity contribution in [1.82, 2.24) is 4.98 Å². The first-order valence-corrected chi connectivity index (χ1v) is 10.7. The summed E-state index contributed by atoms with van der Waals surface area (Å²) in [7, 11) is -0.577. The monoisotopic (exact) mass is 487 g/mol. The third-order valence-electron chi connectivity index (χ3n) is 4.75. The first kappa shape index (κ1) is 24.2. The maximum absolute atomic E-state index is 12.9. The Labute approximate surface area is 187 Å². The highest BCUT2D eigenvalue weighted by Gasteiger charge is 2.49. The van der Waals surface area contributed by atoms with Crippen molar-refractivity contribution in [3.8, 4) is 40.0 Å². The van der Waals surface area contributed by atoms with Crippen LogP contribution in [0.5, 0.6) is 28.7 Å². The molecule has 0 radical (unpaired) electrons. The number of fused-ring (bicyclic) bond motifs is 1. The summed E-state index contributed by atoms with van der Waals surface area (Å²) >= 11 is 0. The first-order valence-electron chi connectivity index (χ1n) is 9.26. The Morgan fingerprint density at radius 2 is 1.36 bits per heavy atom. The van der Waals surface area contributed by atoms with Gasteiger partial charge in [-0.15, -0.1) is 0 Å². The number of rotatable bonds is 7. The van der Waals surface area contributed by atoms with Crippen LogP contribution in [0.25, 0.3) is 22.0 Å². The lowest BCUT2D eigenvalue weighted by Gasteiger charge is -2.17. The van der Waals surface area contributed by atoms with Crippen LogP contribution < -0.4 is 23.1 Å². The highest BCUT2D eigenvalue weighted by atomic mass is 32.2. The Morgan fingerprint density at radius 1 is 0.788 bits per heavy atom. The third kappa shape index (κ3) is 4.56. The molecule has 0 spiro atoms. The molecular weight excluding hydrogens is 467 g/mol. The Balaban J connectivity index is 2.24. The van der Waals surface area contributed by atoms with E-state index >= 15 is 0 Å². The van der Waals surface area contributed by atoms with Gasteiger partial charge in [-0.1, -0.05) is 0 Å². The maximum Gasteiger partial charge on any atom is 0.534 e. The van der Waals surface area contributed by atoms with E-state index in [1.165, 1.54) is 27.4 Å². The predicted molar refractivity (Wildman–Crippen MR) is 114 cm³/mol. The molecule has 12 heteroatoms. The van der Waals surface area contributed by atoms with Crippen LogP contribution in [0.3, 0.4) is 0 Å². The minimum atomic E-state index is -5.95. The van der Waals surface area contributed by atoms with Crippen molar-refractivity contribution in [2.45, 2.75) is 12.4 Å². The van der Waals surface area contributed by atoms with Crippen LogP contribution in [-0.4, -0.2) is 47.3 Å². The fraction of sp³-hybridized carbons (Fsp3) is 0.286. The van der Waals surface area contributed by atoms with Crippen LogP contribution in [0.2, 0.25) is 0 Å². The molecule has 0 saturated heterocycles. The van der Waals surface area contributed by atoms with Crippen molar-refractivity contribution in [3.63, 3.8) is 0 Å². The van der Waals surface area contributed by atoms with E-state index in [4.69, 9.17) is 18.9 Å². The van der Waals surface area contributed by atoms with E-state index in [0.29, 0.717) is 28.3 Å². The summed E-state index contributed by atoms with van der Waals surface area (Å²) in [6, 6.07) is 7.66. The maximum atomic E-state index is 12.9. The van der Waals surface area contributed by atoms with E-state index in [9.17, 15) is 21.6 Å². The zero-order valence-corrected chi connectivity index (χ0v) is 19.1. The number of methoxy groups -OCH3 is 4. The molecule has 1 aromatic heterocycles. The molecule has 0 aliphatic rings. The fourth-order valence-corrected chi connectivity index (χ4v) is 3.66. The van der Waals surface area contributed by atoms with Crippen molar-refractivity contribution in [1.29, 1.82) is 0 Å². The summed E-state index contributed by atoms with van der Waals surface area (Å²) in [4.78, 5) is 4.50. The minimum absolute atomic E-state index is 0.0470. The molecule has 0 aliphatic heterocycles. The highest BCUT2D eigenvalue weighted by Crippen LogP contribution is 2.44. The molecule has 33 heavy (non-hydrogen) atoms. The SMILES string of the molecule is COc1cc2cc(-c3cc(OC)c(OC)c(OS(=O)(=O)C(F)(F)F)c3)nc(C)c2cc1OC. The standard InChI is InChI=1S/C21H20F3NO7S/c1-11-14-10-17(29-3)16(28-2)7-12(14)6-15(25-11)13-8-18(30-4)20(31-5)19(9-13)32-33(26,27)21(22,23)24/h6-10H,1-5H3. The lowest BCUT2D eigenvalue weighted by Crippen LogP contribution is -2.28. The Hall–Kier alpha value is -3.41. The molecule has 3 aromatic rings. The number of aryl methyl sites for hydroxylation is 1. The number of hydrogen-bond donors (Lipinski definition) is 0. The van der Waals surface area contributed by atoms with E-state index < -0.39 is 21.4 Å². The zero-order chi connectivity index (χ0) is 24.6. The normalized spacial score (nSPS) is 11.9. The molecule has 178 valence electrons. The Bertz CT molecular complexity index is 1310. The van der Waals surface area contributed by atoms with Crippen LogP contribution >= 0.6 is 0 Å². The largest absolute Gasteiger partial charge is 0.534 e. The van der Waals surface area contributed by atoms with E-state index in [0.717, 1.165) is 18.6 Å². The lowest BCUT2D eigenvalue weighted by atomic mass is 10.0. The number of alkyl halides is 3. The van der Waals surface area contributed by atoms with Gasteiger partial charge in [0.25, 0.3) is 0 Å². The molecule has 0 amide bonds. The average Bonchev–Trinajstić information content (AvgIpc) is 2.76. The number of pyridine rings is 1. The molecule has 0 aliphatic carbocycles. The summed E-state index contributed by atoms with van der Waals surface area (Å²) in [5.74, 6) is -0.0979. The van der Waals surface area contributed by atoms with Crippen LogP contribution in [0.15, 0.2) is 30.3 Å². The van der Waals surface area contributed by atoms with Crippen LogP contribution in [0.4, 0.5) is 13.2 Å². The van der Waals surface area contributed by atoms with Gasteiger partial charge in [-0.25, -0.2) is 0 Å². The van der Waals surface area contributed by atoms with Gasteiger partial charge < -0.3 is 23.1 Å². The van der Waals surface area contributed by atoms with Gasteiger partial charge in [-0.05, 0) is 42.6 Å². The summed E-state index contributed by atoms with van der Waals surface area (Å²) in [6.07, 6.45) is 0. The number of benzene rings is 2. The number of halogens is 3. The second-order valence-electron chi connectivity index (χ2n) is 6.71. The smallest absolute Gasteiger partial charge is 0.493 e. The second-order valence-corrected chi connectivity index (χ2v) is 8.25. The van der Waals surface area contributed by atoms with E-state index in [1.807, 2.05) is 0 Å². The van der Waals surface area contributed by atoms with Crippen molar-refractivity contribution >= 4 is 20.9 Å². The molecule has 0 atom stereocenters. The van der Waals surface area contributed by atoms with Crippen LogP contribution in [0.1, 0.15) is 5.69 Å². The van der Waals surface area contributed by atoms with Gasteiger partial charge in [-0.2, -0.15) is 21.6 Å². The van der Waals surface area contributed by atoms with Crippen molar-refractivity contribution < 1.29 is 44.7 Å².